The zero-order valence-electron chi connectivity index (χ0n) is 20.7. The summed E-state index contributed by atoms with van der Waals surface area (Å²) in [5, 5.41) is 11.1. The summed E-state index contributed by atoms with van der Waals surface area (Å²) in [5.74, 6) is 0.347. The minimum Gasteiger partial charge on any atom is -0.370 e. The van der Waals surface area contributed by atoms with Gasteiger partial charge in [0.15, 0.2) is 0 Å². The van der Waals surface area contributed by atoms with Gasteiger partial charge in [0.05, 0.1) is 34.7 Å². The fourth-order valence-electron chi connectivity index (χ4n) is 4.12. The van der Waals surface area contributed by atoms with Crippen molar-refractivity contribution in [3.63, 3.8) is 0 Å². The van der Waals surface area contributed by atoms with Crippen molar-refractivity contribution in [3.8, 4) is 5.69 Å². The standard InChI is InChI=1S/C28H27ClF3N5O/c1-19-24(18-35-37(19)23-13-11-22(29)12-14-23)27(38)36-25(20-7-6-8-21(17-20)28(30,31)32)9-2-4-15-33-26-10-3-5-16-34-26/h3,5-8,10-14,16-18,25H,2,4,9,15H2,1H3,(H,33,34)(H,36,38). The smallest absolute Gasteiger partial charge is 0.370 e. The number of pyridine rings is 1. The maximum atomic E-state index is 13.4. The Morgan fingerprint density at radius 2 is 1.84 bits per heavy atom. The molecule has 0 fully saturated rings. The van der Waals surface area contributed by atoms with Crippen LogP contribution in [0.1, 0.15) is 52.5 Å². The molecule has 1 amide bonds. The molecule has 2 N–H and O–H groups in total. The number of carbonyl (C=O) groups is 1. The molecule has 0 aliphatic carbocycles. The lowest BCUT2D eigenvalue weighted by Crippen LogP contribution is -2.29. The van der Waals surface area contributed by atoms with Crippen LogP contribution in [0.2, 0.25) is 5.02 Å². The van der Waals surface area contributed by atoms with E-state index >= 15 is 0 Å². The second-order valence-corrected chi connectivity index (χ2v) is 9.26. The molecule has 1 atom stereocenters. The summed E-state index contributed by atoms with van der Waals surface area (Å²) < 4.78 is 41.8. The fourth-order valence-corrected chi connectivity index (χ4v) is 4.25. The van der Waals surface area contributed by atoms with E-state index < -0.39 is 23.7 Å². The summed E-state index contributed by atoms with van der Waals surface area (Å²) in [7, 11) is 0. The molecule has 4 rings (SSSR count). The molecule has 38 heavy (non-hydrogen) atoms. The summed E-state index contributed by atoms with van der Waals surface area (Å²) in [6, 6.07) is 17.1. The lowest BCUT2D eigenvalue weighted by atomic mass is 9.98. The van der Waals surface area contributed by atoms with Crippen molar-refractivity contribution in [1.82, 2.24) is 20.1 Å². The van der Waals surface area contributed by atoms with Crippen LogP contribution in [0.4, 0.5) is 19.0 Å². The Labute approximate surface area is 223 Å². The van der Waals surface area contributed by atoms with Gasteiger partial charge < -0.3 is 10.6 Å². The van der Waals surface area contributed by atoms with E-state index in [1.807, 2.05) is 18.2 Å². The number of nitrogens with zero attached hydrogens (tertiary/aromatic N) is 3. The van der Waals surface area contributed by atoms with E-state index in [1.54, 1.807) is 48.1 Å². The van der Waals surface area contributed by atoms with Gasteiger partial charge in [-0.3, -0.25) is 4.79 Å². The first-order chi connectivity index (χ1) is 18.2. The lowest BCUT2D eigenvalue weighted by molar-refractivity contribution is -0.137. The second kappa shape index (κ2) is 12.1. The Kier molecular flexibility index (Phi) is 8.68. The van der Waals surface area contributed by atoms with Crippen LogP contribution in [0.5, 0.6) is 0 Å². The SMILES string of the molecule is Cc1c(C(=O)NC(CCCCNc2ccccn2)c2cccc(C(F)(F)F)c2)cnn1-c1ccc(Cl)cc1. The molecule has 0 radical (unpaired) electrons. The average molecular weight is 542 g/mol. The topological polar surface area (TPSA) is 71.8 Å². The number of benzene rings is 2. The van der Waals surface area contributed by atoms with E-state index in [0.29, 0.717) is 41.2 Å². The molecule has 4 aromatic rings. The zero-order valence-corrected chi connectivity index (χ0v) is 21.4. The molecular formula is C28H27ClF3N5O. The maximum absolute atomic E-state index is 13.4. The third-order valence-corrected chi connectivity index (χ3v) is 6.39. The van der Waals surface area contributed by atoms with Crippen LogP contribution in [0.3, 0.4) is 0 Å². The minimum absolute atomic E-state index is 0.341. The monoisotopic (exact) mass is 541 g/mol. The van der Waals surface area contributed by atoms with Crippen molar-refractivity contribution in [2.45, 2.75) is 38.4 Å². The molecule has 2 aromatic heterocycles. The Hall–Kier alpha value is -3.85. The first-order valence-electron chi connectivity index (χ1n) is 12.2. The van der Waals surface area contributed by atoms with Crippen LogP contribution in [0.25, 0.3) is 5.69 Å². The normalized spacial score (nSPS) is 12.2. The summed E-state index contributed by atoms with van der Waals surface area (Å²) >= 11 is 5.97. The highest BCUT2D eigenvalue weighted by Gasteiger charge is 2.31. The average Bonchev–Trinajstić information content (AvgIpc) is 3.29. The van der Waals surface area contributed by atoms with Gasteiger partial charge in [0.2, 0.25) is 0 Å². The highest BCUT2D eigenvalue weighted by Crippen LogP contribution is 2.32. The van der Waals surface area contributed by atoms with Gasteiger partial charge in [-0.2, -0.15) is 18.3 Å². The van der Waals surface area contributed by atoms with E-state index in [4.69, 9.17) is 11.6 Å². The third-order valence-electron chi connectivity index (χ3n) is 6.14. The van der Waals surface area contributed by atoms with E-state index in [2.05, 4.69) is 20.7 Å². The van der Waals surface area contributed by atoms with Crippen LogP contribution >= 0.6 is 11.6 Å². The first kappa shape index (κ1) is 27.2. The van der Waals surface area contributed by atoms with Gasteiger partial charge in [0.1, 0.15) is 5.82 Å². The van der Waals surface area contributed by atoms with E-state index in [-0.39, 0.29) is 0 Å². The molecule has 0 aliphatic rings. The van der Waals surface area contributed by atoms with Crippen molar-refractivity contribution in [3.05, 3.63) is 107 Å². The third kappa shape index (κ3) is 6.92. The van der Waals surface area contributed by atoms with Crippen LogP contribution in [-0.2, 0) is 6.18 Å². The molecule has 2 heterocycles. The number of unbranched alkanes of at least 4 members (excludes halogenated alkanes) is 1. The summed E-state index contributed by atoms with van der Waals surface area (Å²) in [6.07, 6.45) is 0.548. The van der Waals surface area contributed by atoms with Gasteiger partial charge in [-0.1, -0.05) is 29.8 Å². The Balaban J connectivity index is 1.49. The number of nitrogens with one attached hydrogen (secondary N) is 2. The van der Waals surface area contributed by atoms with Crippen molar-refractivity contribution < 1.29 is 18.0 Å². The summed E-state index contributed by atoms with van der Waals surface area (Å²) in [6.45, 7) is 2.41. The van der Waals surface area contributed by atoms with Crippen LogP contribution < -0.4 is 10.6 Å². The summed E-state index contributed by atoms with van der Waals surface area (Å²) in [5.41, 5.74) is 1.33. The number of carbonyl (C=O) groups excluding carboxylic acids is 1. The van der Waals surface area contributed by atoms with Gasteiger partial charge in [-0.05, 0) is 80.3 Å². The Morgan fingerprint density at radius 1 is 1.05 bits per heavy atom. The number of aromatic nitrogens is 3. The number of halogens is 4. The lowest BCUT2D eigenvalue weighted by Gasteiger charge is -2.21. The van der Waals surface area contributed by atoms with E-state index in [9.17, 15) is 18.0 Å². The number of hydrogen-bond donors (Lipinski definition) is 2. The zero-order chi connectivity index (χ0) is 27.1. The molecular weight excluding hydrogens is 515 g/mol. The van der Waals surface area contributed by atoms with Gasteiger partial charge >= 0.3 is 6.18 Å². The predicted octanol–water partition coefficient (Wildman–Crippen LogP) is 7.00. The predicted molar refractivity (Wildman–Crippen MR) is 142 cm³/mol. The molecule has 1 unspecified atom stereocenters. The van der Waals surface area contributed by atoms with E-state index in [1.165, 1.54) is 12.3 Å². The molecule has 0 saturated carbocycles. The molecule has 0 aliphatic heterocycles. The van der Waals surface area contributed by atoms with E-state index in [0.717, 1.165) is 30.1 Å². The number of anilines is 1. The van der Waals surface area contributed by atoms with Crippen molar-refractivity contribution in [2.24, 2.45) is 0 Å². The fraction of sp³-hybridized carbons (Fsp3) is 0.250. The Morgan fingerprint density at radius 3 is 2.55 bits per heavy atom. The number of hydrogen-bond acceptors (Lipinski definition) is 4. The van der Waals surface area contributed by atoms with Gasteiger partial charge in [0, 0.05) is 17.8 Å². The van der Waals surface area contributed by atoms with Gasteiger partial charge in [-0.15, -0.1) is 0 Å². The first-order valence-corrected chi connectivity index (χ1v) is 12.5. The molecule has 2 aromatic carbocycles. The largest absolute Gasteiger partial charge is 0.416 e. The number of rotatable bonds is 10. The van der Waals surface area contributed by atoms with Crippen LogP contribution in [0, 0.1) is 6.92 Å². The quantitative estimate of drug-likeness (QED) is 0.212. The summed E-state index contributed by atoms with van der Waals surface area (Å²) in [4.78, 5) is 17.5. The maximum Gasteiger partial charge on any atom is 0.416 e. The number of amides is 1. The second-order valence-electron chi connectivity index (χ2n) is 8.82. The molecule has 0 saturated heterocycles. The van der Waals surface area contributed by atoms with Crippen molar-refractivity contribution in [2.75, 3.05) is 11.9 Å². The molecule has 10 heteroatoms. The van der Waals surface area contributed by atoms with Crippen molar-refractivity contribution in [1.29, 1.82) is 0 Å². The molecule has 0 bridgehead atoms. The van der Waals surface area contributed by atoms with Crippen LogP contribution in [0.15, 0.2) is 79.1 Å². The highest BCUT2D eigenvalue weighted by atomic mass is 35.5. The Bertz CT molecular complexity index is 1360. The van der Waals surface area contributed by atoms with Gasteiger partial charge in [0.25, 0.3) is 5.91 Å². The molecule has 0 spiro atoms. The van der Waals surface area contributed by atoms with Gasteiger partial charge in [-0.25, -0.2) is 9.67 Å². The highest BCUT2D eigenvalue weighted by molar-refractivity contribution is 6.30. The number of alkyl halides is 3. The minimum atomic E-state index is -4.48. The molecule has 198 valence electrons. The molecule has 6 nitrogen and oxygen atoms in total. The van der Waals surface area contributed by atoms with Crippen molar-refractivity contribution >= 4 is 23.3 Å². The van der Waals surface area contributed by atoms with Crippen LogP contribution in [-0.4, -0.2) is 27.2 Å².